The molecule has 0 aliphatic carbocycles. The lowest BCUT2D eigenvalue weighted by Gasteiger charge is -2.16. The van der Waals surface area contributed by atoms with Crippen molar-refractivity contribution in [3.05, 3.63) is 53.7 Å². The molecule has 0 saturated heterocycles. The topological polar surface area (TPSA) is 25.2 Å². The summed E-state index contributed by atoms with van der Waals surface area (Å²) >= 11 is 1.83. The normalized spacial score (nSPS) is 27.6. The molecule has 1 aromatic heterocycles. The number of aromatic nitrogens is 1. The Hall–Kier alpha value is -1.35. The first kappa shape index (κ1) is 8.92. The van der Waals surface area contributed by atoms with Gasteiger partial charge in [0.2, 0.25) is 0 Å². The standard InChI is InChI=1S/C12H10N2S/c1-2-7-13-9(3-1)10-4-5-12-11(14-10)6-8-15-12/h1-8,11-12H. The Morgan fingerprint density at radius 1 is 1.20 bits per heavy atom. The van der Waals surface area contributed by atoms with E-state index in [4.69, 9.17) is 0 Å². The average Bonchev–Trinajstić information content (AvgIpc) is 2.77. The number of aliphatic imine (C=N–C) groups is 1. The van der Waals surface area contributed by atoms with Gasteiger partial charge in [0.25, 0.3) is 0 Å². The van der Waals surface area contributed by atoms with E-state index in [1.54, 1.807) is 6.20 Å². The molecule has 15 heavy (non-hydrogen) atoms. The first-order valence-corrected chi connectivity index (χ1v) is 5.87. The molecular weight excluding hydrogens is 204 g/mol. The van der Waals surface area contributed by atoms with E-state index in [9.17, 15) is 0 Å². The Balaban J connectivity index is 1.95. The van der Waals surface area contributed by atoms with Crippen LogP contribution in [0.2, 0.25) is 0 Å². The molecular formula is C12H10N2S. The van der Waals surface area contributed by atoms with Gasteiger partial charge in [0.1, 0.15) is 0 Å². The Labute approximate surface area is 92.8 Å². The van der Waals surface area contributed by atoms with Crippen molar-refractivity contribution < 1.29 is 0 Å². The fourth-order valence-corrected chi connectivity index (χ4v) is 2.65. The van der Waals surface area contributed by atoms with Crippen molar-refractivity contribution in [1.29, 1.82) is 0 Å². The van der Waals surface area contributed by atoms with Crippen LogP contribution in [0.4, 0.5) is 0 Å². The number of rotatable bonds is 1. The molecule has 2 aliphatic heterocycles. The quantitative estimate of drug-likeness (QED) is 0.717. The van der Waals surface area contributed by atoms with Gasteiger partial charge in [-0.15, -0.1) is 11.8 Å². The van der Waals surface area contributed by atoms with Crippen molar-refractivity contribution in [2.24, 2.45) is 4.99 Å². The first-order valence-electron chi connectivity index (χ1n) is 4.93. The predicted molar refractivity (Wildman–Crippen MR) is 64.2 cm³/mol. The fourth-order valence-electron chi connectivity index (χ4n) is 1.74. The maximum Gasteiger partial charge on any atom is 0.0881 e. The molecule has 0 bridgehead atoms. The first-order chi connectivity index (χ1) is 7.43. The van der Waals surface area contributed by atoms with Crippen LogP contribution in [0.15, 0.2) is 53.0 Å². The molecule has 0 fully saturated rings. The van der Waals surface area contributed by atoms with Crippen LogP contribution in [-0.4, -0.2) is 22.0 Å². The van der Waals surface area contributed by atoms with Crippen LogP contribution >= 0.6 is 11.8 Å². The van der Waals surface area contributed by atoms with Crippen LogP contribution in [0.25, 0.3) is 0 Å². The number of hydrogen-bond acceptors (Lipinski definition) is 3. The molecule has 2 nitrogen and oxygen atoms in total. The summed E-state index contributed by atoms with van der Waals surface area (Å²) in [7, 11) is 0. The minimum atomic E-state index is 0.303. The lowest BCUT2D eigenvalue weighted by Crippen LogP contribution is -2.20. The molecule has 2 atom stereocenters. The van der Waals surface area contributed by atoms with Crippen LogP contribution in [0, 0.1) is 0 Å². The molecule has 1 aromatic rings. The highest BCUT2D eigenvalue weighted by atomic mass is 32.2. The molecule has 0 N–H and O–H groups in total. The number of dihydropyridines is 1. The van der Waals surface area contributed by atoms with Crippen molar-refractivity contribution >= 4 is 17.5 Å². The smallest absolute Gasteiger partial charge is 0.0881 e. The molecule has 0 amide bonds. The molecule has 3 heterocycles. The number of thioether (sulfide) groups is 1. The van der Waals surface area contributed by atoms with Gasteiger partial charge < -0.3 is 0 Å². The van der Waals surface area contributed by atoms with Crippen LogP contribution in [0.5, 0.6) is 0 Å². The maximum absolute atomic E-state index is 4.67. The van der Waals surface area contributed by atoms with Gasteiger partial charge >= 0.3 is 0 Å². The van der Waals surface area contributed by atoms with E-state index in [0.29, 0.717) is 11.3 Å². The second-order valence-corrected chi connectivity index (χ2v) is 4.60. The van der Waals surface area contributed by atoms with E-state index in [0.717, 1.165) is 11.4 Å². The second-order valence-electron chi connectivity index (χ2n) is 3.51. The Morgan fingerprint density at radius 2 is 2.20 bits per heavy atom. The molecule has 74 valence electrons. The molecule has 0 aromatic carbocycles. The summed E-state index contributed by atoms with van der Waals surface area (Å²) in [6.07, 6.45) is 8.24. The third kappa shape index (κ3) is 1.63. The molecule has 3 heteroatoms. The summed E-state index contributed by atoms with van der Waals surface area (Å²) in [5.74, 6) is 0. The summed E-state index contributed by atoms with van der Waals surface area (Å²) in [6, 6.07) is 6.21. The Bertz CT molecular complexity index is 448. The van der Waals surface area contributed by atoms with E-state index in [1.807, 2.05) is 30.0 Å². The van der Waals surface area contributed by atoms with Gasteiger partial charge in [-0.05, 0) is 23.6 Å². The monoisotopic (exact) mass is 214 g/mol. The highest BCUT2D eigenvalue weighted by molar-refractivity contribution is 8.03. The van der Waals surface area contributed by atoms with Gasteiger partial charge in [0.05, 0.1) is 22.7 Å². The summed E-state index contributed by atoms with van der Waals surface area (Å²) in [4.78, 5) is 8.98. The minimum Gasteiger partial charge on any atom is -0.274 e. The molecule has 0 saturated carbocycles. The average molecular weight is 214 g/mol. The van der Waals surface area contributed by atoms with E-state index >= 15 is 0 Å². The van der Waals surface area contributed by atoms with Crippen LogP contribution in [0.3, 0.4) is 0 Å². The number of pyridine rings is 1. The zero-order valence-electron chi connectivity index (χ0n) is 8.08. The molecule has 2 aliphatic rings. The number of nitrogens with zero attached hydrogens (tertiary/aromatic N) is 2. The SMILES string of the molecule is C1=CC2N=C(c3ccccn3)C=CC2S1. The van der Waals surface area contributed by atoms with Gasteiger partial charge in [-0.3, -0.25) is 9.98 Å². The minimum absolute atomic E-state index is 0.303. The summed E-state index contributed by atoms with van der Waals surface area (Å²) in [5, 5.41) is 2.63. The number of allylic oxidation sites excluding steroid dienone is 1. The highest BCUT2D eigenvalue weighted by Crippen LogP contribution is 2.30. The Morgan fingerprint density at radius 3 is 3.07 bits per heavy atom. The van der Waals surface area contributed by atoms with E-state index in [-0.39, 0.29) is 0 Å². The van der Waals surface area contributed by atoms with Crippen molar-refractivity contribution in [3.63, 3.8) is 0 Å². The maximum atomic E-state index is 4.67. The molecule has 2 unspecified atom stereocenters. The number of hydrogen-bond donors (Lipinski definition) is 0. The van der Waals surface area contributed by atoms with Crippen molar-refractivity contribution in [3.8, 4) is 0 Å². The largest absolute Gasteiger partial charge is 0.274 e. The molecule has 3 rings (SSSR count). The molecule has 0 spiro atoms. The molecule has 0 radical (unpaired) electrons. The zero-order chi connectivity index (χ0) is 10.1. The third-order valence-corrected chi connectivity index (χ3v) is 3.57. The second kappa shape index (κ2) is 3.66. The highest BCUT2D eigenvalue weighted by Gasteiger charge is 2.24. The Kier molecular flexibility index (Phi) is 2.18. The van der Waals surface area contributed by atoms with Gasteiger partial charge in [-0.1, -0.05) is 18.2 Å². The van der Waals surface area contributed by atoms with Gasteiger partial charge in [-0.25, -0.2) is 0 Å². The lowest BCUT2D eigenvalue weighted by atomic mass is 10.1. The fraction of sp³-hybridized carbons (Fsp3) is 0.167. The van der Waals surface area contributed by atoms with Crippen LogP contribution < -0.4 is 0 Å². The van der Waals surface area contributed by atoms with Crippen molar-refractivity contribution in [2.45, 2.75) is 11.3 Å². The number of fused-ring (bicyclic) bond motifs is 1. The zero-order valence-corrected chi connectivity index (χ0v) is 8.89. The summed E-state index contributed by atoms with van der Waals surface area (Å²) < 4.78 is 0. The van der Waals surface area contributed by atoms with Gasteiger partial charge in [0.15, 0.2) is 0 Å². The predicted octanol–water partition coefficient (Wildman–Crippen LogP) is 2.44. The third-order valence-electron chi connectivity index (χ3n) is 2.51. The van der Waals surface area contributed by atoms with Gasteiger partial charge in [-0.2, -0.15) is 0 Å². The van der Waals surface area contributed by atoms with Crippen molar-refractivity contribution in [1.82, 2.24) is 4.98 Å². The van der Waals surface area contributed by atoms with E-state index in [2.05, 4.69) is 33.6 Å². The summed E-state index contributed by atoms with van der Waals surface area (Å²) in [6.45, 7) is 0. The van der Waals surface area contributed by atoms with E-state index in [1.165, 1.54) is 0 Å². The van der Waals surface area contributed by atoms with Crippen LogP contribution in [-0.2, 0) is 0 Å². The summed E-state index contributed by atoms with van der Waals surface area (Å²) in [5.41, 5.74) is 1.95. The lowest BCUT2D eigenvalue weighted by molar-refractivity contribution is 0.855. The van der Waals surface area contributed by atoms with Gasteiger partial charge in [0, 0.05) is 6.20 Å². The van der Waals surface area contributed by atoms with Crippen LogP contribution in [0.1, 0.15) is 5.69 Å². The van der Waals surface area contributed by atoms with E-state index < -0.39 is 0 Å². The van der Waals surface area contributed by atoms with Crippen molar-refractivity contribution in [2.75, 3.05) is 0 Å².